The van der Waals surface area contributed by atoms with Crippen LogP contribution in [0.4, 0.5) is 5.69 Å². The van der Waals surface area contributed by atoms with E-state index in [1.807, 2.05) is 29.3 Å². The summed E-state index contributed by atoms with van der Waals surface area (Å²) >= 11 is 0. The Morgan fingerprint density at radius 3 is 2.82 bits per heavy atom. The quantitative estimate of drug-likeness (QED) is 0.776. The largest absolute Gasteiger partial charge is 0.327 e. The average molecular weight is 225 g/mol. The monoisotopic (exact) mass is 225 g/mol. The van der Waals surface area contributed by atoms with Crippen molar-refractivity contribution in [1.82, 2.24) is 0 Å². The predicted octanol–water partition coefficient (Wildman–Crippen LogP) is 3.04. The molecule has 17 heavy (non-hydrogen) atoms. The minimum atomic E-state index is 0.387. The van der Waals surface area contributed by atoms with E-state index >= 15 is 0 Å². The first kappa shape index (κ1) is 11.4. The summed E-state index contributed by atoms with van der Waals surface area (Å²) in [6.45, 7) is 4.85. The van der Waals surface area contributed by atoms with Crippen LogP contribution in [0.5, 0.6) is 0 Å². The third kappa shape index (κ3) is 2.21. The standard InChI is InChI=1S/C14H15N3/c1-11(2)13-6-3-5-12(9-15)14(13)17-8-4-7-16-10-17/h3-8,11H,10H2,1-2H3. The highest BCUT2D eigenvalue weighted by Crippen LogP contribution is 2.31. The Kier molecular flexibility index (Phi) is 3.24. The molecule has 0 atom stereocenters. The van der Waals surface area contributed by atoms with Crippen LogP contribution in [0.25, 0.3) is 0 Å². The zero-order chi connectivity index (χ0) is 12.3. The van der Waals surface area contributed by atoms with Crippen LogP contribution >= 0.6 is 0 Å². The van der Waals surface area contributed by atoms with E-state index in [4.69, 9.17) is 0 Å². The van der Waals surface area contributed by atoms with Crippen LogP contribution in [-0.2, 0) is 0 Å². The van der Waals surface area contributed by atoms with Crippen molar-refractivity contribution >= 4 is 11.9 Å². The smallest absolute Gasteiger partial charge is 0.114 e. The second kappa shape index (κ2) is 4.84. The summed E-state index contributed by atoms with van der Waals surface area (Å²) < 4.78 is 0. The minimum Gasteiger partial charge on any atom is -0.327 e. The van der Waals surface area contributed by atoms with Crippen LogP contribution in [0.2, 0.25) is 0 Å². The molecule has 1 aromatic rings. The van der Waals surface area contributed by atoms with Gasteiger partial charge in [-0.15, -0.1) is 0 Å². The molecular formula is C14H15N3. The maximum absolute atomic E-state index is 9.22. The molecule has 1 heterocycles. The first-order chi connectivity index (χ1) is 8.24. The molecule has 1 aliphatic heterocycles. The highest BCUT2D eigenvalue weighted by molar-refractivity contribution is 5.76. The molecule has 1 aromatic carbocycles. The fourth-order valence-corrected chi connectivity index (χ4v) is 1.97. The number of anilines is 1. The summed E-state index contributed by atoms with van der Waals surface area (Å²) in [6.07, 6.45) is 5.64. The molecular weight excluding hydrogens is 210 g/mol. The number of nitrogens with zero attached hydrogens (tertiary/aromatic N) is 3. The number of hydrogen-bond donors (Lipinski definition) is 0. The van der Waals surface area contributed by atoms with Crippen LogP contribution in [0, 0.1) is 11.3 Å². The van der Waals surface area contributed by atoms with E-state index in [9.17, 15) is 5.26 Å². The summed E-state index contributed by atoms with van der Waals surface area (Å²) in [5, 5.41) is 9.22. The van der Waals surface area contributed by atoms with Gasteiger partial charge >= 0.3 is 0 Å². The summed E-state index contributed by atoms with van der Waals surface area (Å²) in [5.74, 6) is 0.387. The highest BCUT2D eigenvalue weighted by Gasteiger charge is 2.16. The maximum atomic E-state index is 9.22. The zero-order valence-corrected chi connectivity index (χ0v) is 10.1. The summed E-state index contributed by atoms with van der Waals surface area (Å²) in [5.41, 5.74) is 2.88. The molecule has 0 aromatic heterocycles. The van der Waals surface area contributed by atoms with E-state index in [0.717, 1.165) is 5.69 Å². The lowest BCUT2D eigenvalue weighted by atomic mass is 9.97. The van der Waals surface area contributed by atoms with Gasteiger partial charge in [0.1, 0.15) is 12.7 Å². The molecule has 3 heteroatoms. The number of hydrogen-bond acceptors (Lipinski definition) is 3. The van der Waals surface area contributed by atoms with Gasteiger partial charge in [-0.2, -0.15) is 5.26 Å². The van der Waals surface area contributed by atoms with Crippen LogP contribution in [-0.4, -0.2) is 12.9 Å². The lowest BCUT2D eigenvalue weighted by Gasteiger charge is -2.25. The lowest BCUT2D eigenvalue weighted by molar-refractivity contribution is 0.848. The molecule has 3 nitrogen and oxygen atoms in total. The van der Waals surface area contributed by atoms with Crippen molar-refractivity contribution in [2.24, 2.45) is 4.99 Å². The summed E-state index contributed by atoms with van der Waals surface area (Å²) in [6, 6.07) is 8.13. The Bertz CT molecular complexity index is 507. The molecule has 0 aliphatic carbocycles. The van der Waals surface area contributed by atoms with Crippen molar-refractivity contribution < 1.29 is 0 Å². The number of benzene rings is 1. The van der Waals surface area contributed by atoms with Crippen LogP contribution in [0.1, 0.15) is 30.9 Å². The molecule has 0 saturated heterocycles. The first-order valence-corrected chi connectivity index (χ1v) is 5.70. The third-order valence-electron chi connectivity index (χ3n) is 2.79. The Balaban J connectivity index is 2.53. The van der Waals surface area contributed by atoms with Crippen molar-refractivity contribution in [1.29, 1.82) is 5.26 Å². The van der Waals surface area contributed by atoms with Crippen molar-refractivity contribution in [2.45, 2.75) is 19.8 Å². The normalized spacial score (nSPS) is 14.1. The second-order valence-corrected chi connectivity index (χ2v) is 4.29. The van der Waals surface area contributed by atoms with Gasteiger partial charge in [0.25, 0.3) is 0 Å². The van der Waals surface area contributed by atoms with Gasteiger partial charge in [-0.25, -0.2) is 0 Å². The van der Waals surface area contributed by atoms with E-state index in [0.29, 0.717) is 18.2 Å². The van der Waals surface area contributed by atoms with Gasteiger partial charge in [0.2, 0.25) is 0 Å². The lowest BCUT2D eigenvalue weighted by Crippen LogP contribution is -2.21. The van der Waals surface area contributed by atoms with E-state index in [-0.39, 0.29) is 0 Å². The fraction of sp³-hybridized carbons (Fsp3) is 0.286. The Labute approximate surface area is 102 Å². The molecule has 2 rings (SSSR count). The number of allylic oxidation sites excluding steroid dienone is 1. The molecule has 86 valence electrons. The van der Waals surface area contributed by atoms with E-state index in [1.165, 1.54) is 5.56 Å². The molecule has 0 amide bonds. The van der Waals surface area contributed by atoms with Crippen LogP contribution in [0.15, 0.2) is 35.5 Å². The van der Waals surface area contributed by atoms with Crippen LogP contribution < -0.4 is 4.90 Å². The summed E-state index contributed by atoms with van der Waals surface area (Å²) in [4.78, 5) is 6.24. The van der Waals surface area contributed by atoms with E-state index < -0.39 is 0 Å². The SMILES string of the molecule is CC(C)c1cccc(C#N)c1N1C=CC=NC1. The Morgan fingerprint density at radius 1 is 1.41 bits per heavy atom. The van der Waals surface area contributed by atoms with Gasteiger partial charge in [-0.3, -0.25) is 4.99 Å². The number of nitriles is 1. The minimum absolute atomic E-state index is 0.387. The fourth-order valence-electron chi connectivity index (χ4n) is 1.97. The maximum Gasteiger partial charge on any atom is 0.114 e. The highest BCUT2D eigenvalue weighted by atomic mass is 15.2. The van der Waals surface area contributed by atoms with E-state index in [1.54, 1.807) is 6.21 Å². The number of rotatable bonds is 2. The van der Waals surface area contributed by atoms with Crippen LogP contribution in [0.3, 0.4) is 0 Å². The molecule has 0 unspecified atom stereocenters. The van der Waals surface area contributed by atoms with E-state index in [2.05, 4.69) is 31.0 Å². The molecule has 1 aliphatic rings. The molecule has 0 spiro atoms. The Morgan fingerprint density at radius 2 is 2.24 bits per heavy atom. The molecule has 0 bridgehead atoms. The van der Waals surface area contributed by atoms with Crippen molar-refractivity contribution in [3.8, 4) is 6.07 Å². The van der Waals surface area contributed by atoms with Gasteiger partial charge in [-0.1, -0.05) is 26.0 Å². The van der Waals surface area contributed by atoms with Gasteiger partial charge in [0.15, 0.2) is 0 Å². The van der Waals surface area contributed by atoms with Crippen molar-refractivity contribution in [2.75, 3.05) is 11.6 Å². The molecule has 0 fully saturated rings. The van der Waals surface area contributed by atoms with Gasteiger partial charge < -0.3 is 4.90 Å². The zero-order valence-electron chi connectivity index (χ0n) is 10.1. The Hall–Kier alpha value is -2.08. The second-order valence-electron chi connectivity index (χ2n) is 4.29. The average Bonchev–Trinajstić information content (AvgIpc) is 2.38. The third-order valence-corrected chi connectivity index (χ3v) is 2.79. The van der Waals surface area contributed by atoms with Crippen molar-refractivity contribution in [3.63, 3.8) is 0 Å². The van der Waals surface area contributed by atoms with Gasteiger partial charge in [-0.05, 0) is 23.6 Å². The molecule has 0 radical (unpaired) electrons. The first-order valence-electron chi connectivity index (χ1n) is 5.70. The molecule has 0 saturated carbocycles. The van der Waals surface area contributed by atoms with Gasteiger partial charge in [0, 0.05) is 12.4 Å². The molecule has 0 N–H and O–H groups in total. The number of para-hydroxylation sites is 1. The van der Waals surface area contributed by atoms with Crippen molar-refractivity contribution in [3.05, 3.63) is 41.6 Å². The van der Waals surface area contributed by atoms with Gasteiger partial charge in [0.05, 0.1) is 11.3 Å². The predicted molar refractivity (Wildman–Crippen MR) is 70.2 cm³/mol. The summed E-state index contributed by atoms with van der Waals surface area (Å²) in [7, 11) is 0. The topological polar surface area (TPSA) is 39.4 Å². The number of aliphatic imine (C=N–C) groups is 1.